The lowest BCUT2D eigenvalue weighted by Gasteiger charge is -2.07. The van der Waals surface area contributed by atoms with E-state index in [0.29, 0.717) is 17.1 Å². The van der Waals surface area contributed by atoms with Crippen molar-refractivity contribution in [3.8, 4) is 11.5 Å². The number of carbonyl (C=O) groups is 1. The molecule has 16 heavy (non-hydrogen) atoms. The minimum Gasteiger partial charge on any atom is -0.493 e. The summed E-state index contributed by atoms with van der Waals surface area (Å²) in [6, 6.07) is 5.10. The molecule has 0 amide bonds. The van der Waals surface area contributed by atoms with E-state index in [1.807, 2.05) is 0 Å². The molecular weight excluding hydrogens is 228 g/mol. The summed E-state index contributed by atoms with van der Waals surface area (Å²) >= 11 is 3.84. The molecule has 0 saturated heterocycles. The maximum Gasteiger partial charge on any atom is 0.341 e. The van der Waals surface area contributed by atoms with E-state index in [2.05, 4.69) is 12.6 Å². The minimum absolute atomic E-state index is 0.0350. The van der Waals surface area contributed by atoms with Crippen molar-refractivity contribution in [2.45, 2.75) is 0 Å². The molecule has 0 aliphatic heterocycles. The zero-order valence-electron chi connectivity index (χ0n) is 8.93. The average Bonchev–Trinajstić information content (AvgIpc) is 2.28. The van der Waals surface area contributed by atoms with E-state index in [-0.39, 0.29) is 4.91 Å². The van der Waals surface area contributed by atoms with Gasteiger partial charge in [0.2, 0.25) is 0 Å². The molecule has 1 N–H and O–H groups in total. The van der Waals surface area contributed by atoms with Gasteiger partial charge in [0.15, 0.2) is 11.5 Å². The van der Waals surface area contributed by atoms with Crippen molar-refractivity contribution >= 4 is 24.7 Å². The number of hydrogen-bond acceptors (Lipinski definition) is 4. The minimum atomic E-state index is -1.07. The van der Waals surface area contributed by atoms with Gasteiger partial charge in [-0.3, -0.25) is 0 Å². The van der Waals surface area contributed by atoms with Crippen LogP contribution in [0.15, 0.2) is 23.1 Å². The Morgan fingerprint density at radius 2 is 1.94 bits per heavy atom. The van der Waals surface area contributed by atoms with Gasteiger partial charge in [0.1, 0.15) is 0 Å². The first-order valence-electron chi connectivity index (χ1n) is 4.44. The van der Waals surface area contributed by atoms with Crippen LogP contribution in [0.5, 0.6) is 11.5 Å². The van der Waals surface area contributed by atoms with Gasteiger partial charge in [-0.1, -0.05) is 6.07 Å². The lowest BCUT2D eigenvalue weighted by atomic mass is 10.2. The Kier molecular flexibility index (Phi) is 4.25. The Morgan fingerprint density at radius 1 is 1.31 bits per heavy atom. The van der Waals surface area contributed by atoms with Gasteiger partial charge in [0.05, 0.1) is 19.1 Å². The monoisotopic (exact) mass is 240 g/mol. The third-order valence-corrected chi connectivity index (χ3v) is 2.25. The molecule has 0 unspecified atom stereocenters. The second kappa shape index (κ2) is 5.46. The number of hydrogen-bond donors (Lipinski definition) is 2. The van der Waals surface area contributed by atoms with Crippen LogP contribution in [0, 0.1) is 0 Å². The van der Waals surface area contributed by atoms with Gasteiger partial charge in [0.25, 0.3) is 0 Å². The van der Waals surface area contributed by atoms with E-state index < -0.39 is 5.97 Å². The van der Waals surface area contributed by atoms with Crippen molar-refractivity contribution in [3.05, 3.63) is 28.7 Å². The summed E-state index contributed by atoms with van der Waals surface area (Å²) in [7, 11) is 3.05. The summed E-state index contributed by atoms with van der Waals surface area (Å²) in [5.41, 5.74) is 0.685. The van der Waals surface area contributed by atoms with E-state index in [9.17, 15) is 4.79 Å². The van der Waals surface area contributed by atoms with Gasteiger partial charge >= 0.3 is 5.97 Å². The van der Waals surface area contributed by atoms with E-state index in [1.165, 1.54) is 20.3 Å². The molecule has 1 rings (SSSR count). The molecule has 0 saturated carbocycles. The summed E-state index contributed by atoms with van der Waals surface area (Å²) in [5, 5.41) is 8.67. The third-order valence-electron chi connectivity index (χ3n) is 1.93. The topological polar surface area (TPSA) is 55.8 Å². The normalized spacial score (nSPS) is 11.1. The summed E-state index contributed by atoms with van der Waals surface area (Å²) in [6.07, 6.45) is 1.44. The fourth-order valence-electron chi connectivity index (χ4n) is 1.16. The van der Waals surface area contributed by atoms with Crippen molar-refractivity contribution in [2.75, 3.05) is 14.2 Å². The van der Waals surface area contributed by atoms with Crippen molar-refractivity contribution < 1.29 is 19.4 Å². The van der Waals surface area contributed by atoms with Crippen molar-refractivity contribution in [1.82, 2.24) is 0 Å². The Hall–Kier alpha value is -1.62. The van der Waals surface area contributed by atoms with Gasteiger partial charge < -0.3 is 14.6 Å². The predicted molar refractivity (Wildman–Crippen MR) is 64.1 cm³/mol. The van der Waals surface area contributed by atoms with Crippen LogP contribution in [0.2, 0.25) is 0 Å². The molecule has 0 fully saturated rings. The summed E-state index contributed by atoms with van der Waals surface area (Å²) in [6.45, 7) is 0. The molecule has 1 aromatic carbocycles. The van der Waals surface area contributed by atoms with Crippen LogP contribution in [-0.4, -0.2) is 25.3 Å². The third kappa shape index (κ3) is 2.93. The van der Waals surface area contributed by atoms with Crippen LogP contribution in [0.1, 0.15) is 5.56 Å². The van der Waals surface area contributed by atoms with Gasteiger partial charge in [-0.25, -0.2) is 4.79 Å². The molecule has 0 bridgehead atoms. The fourth-order valence-corrected chi connectivity index (χ4v) is 1.31. The van der Waals surface area contributed by atoms with Crippen LogP contribution in [0.3, 0.4) is 0 Å². The fraction of sp³-hybridized carbons (Fsp3) is 0.182. The lowest BCUT2D eigenvalue weighted by molar-refractivity contribution is -0.131. The molecule has 0 aromatic heterocycles. The highest BCUT2D eigenvalue weighted by molar-refractivity contribution is 7.85. The number of carboxylic acids is 1. The number of methoxy groups -OCH3 is 2. The van der Waals surface area contributed by atoms with Gasteiger partial charge in [-0.15, -0.1) is 12.6 Å². The molecule has 1 aromatic rings. The first kappa shape index (κ1) is 12.4. The van der Waals surface area contributed by atoms with Gasteiger partial charge in [-0.2, -0.15) is 0 Å². The molecule has 0 spiro atoms. The number of benzene rings is 1. The second-order valence-electron chi connectivity index (χ2n) is 2.95. The number of aliphatic carboxylic acids is 1. The van der Waals surface area contributed by atoms with Crippen LogP contribution < -0.4 is 9.47 Å². The SMILES string of the molecule is COc1ccc(/C=C(/S)C(=O)O)cc1OC. The highest BCUT2D eigenvalue weighted by atomic mass is 32.1. The van der Waals surface area contributed by atoms with E-state index in [0.717, 1.165) is 0 Å². The van der Waals surface area contributed by atoms with Crippen LogP contribution in [0.25, 0.3) is 6.08 Å². The smallest absolute Gasteiger partial charge is 0.341 e. The maximum atomic E-state index is 10.6. The Labute approximate surface area is 98.9 Å². The first-order valence-corrected chi connectivity index (χ1v) is 4.89. The van der Waals surface area contributed by atoms with Crippen molar-refractivity contribution in [2.24, 2.45) is 0 Å². The second-order valence-corrected chi connectivity index (χ2v) is 3.43. The van der Waals surface area contributed by atoms with E-state index in [4.69, 9.17) is 14.6 Å². The molecule has 0 atom stereocenters. The molecule has 0 aliphatic rings. The zero-order chi connectivity index (χ0) is 12.1. The highest BCUT2D eigenvalue weighted by Gasteiger charge is 2.05. The molecule has 0 heterocycles. The Bertz CT molecular complexity index is 426. The molecule has 86 valence electrons. The molecule has 4 nitrogen and oxygen atoms in total. The number of ether oxygens (including phenoxy) is 2. The average molecular weight is 240 g/mol. The van der Waals surface area contributed by atoms with Crippen molar-refractivity contribution in [1.29, 1.82) is 0 Å². The number of thiol groups is 1. The predicted octanol–water partition coefficient (Wildman–Crippen LogP) is 2.06. The quantitative estimate of drug-likeness (QED) is 0.625. The molecular formula is C11H12O4S. The largest absolute Gasteiger partial charge is 0.493 e. The standard InChI is InChI=1S/C11H12O4S/c1-14-8-4-3-7(5-9(8)15-2)6-10(16)11(12)13/h3-6,16H,1-2H3,(H,12,13)/b10-6+. The Balaban J connectivity index is 3.09. The summed E-state index contributed by atoms with van der Waals surface area (Å²) in [4.78, 5) is 10.5. The van der Waals surface area contributed by atoms with Gasteiger partial charge in [-0.05, 0) is 23.8 Å². The lowest BCUT2D eigenvalue weighted by Crippen LogP contribution is -1.94. The van der Waals surface area contributed by atoms with Crippen LogP contribution >= 0.6 is 12.6 Å². The van der Waals surface area contributed by atoms with Gasteiger partial charge in [0, 0.05) is 0 Å². The van der Waals surface area contributed by atoms with Crippen LogP contribution in [0.4, 0.5) is 0 Å². The van der Waals surface area contributed by atoms with E-state index >= 15 is 0 Å². The van der Waals surface area contributed by atoms with Crippen molar-refractivity contribution in [3.63, 3.8) is 0 Å². The zero-order valence-corrected chi connectivity index (χ0v) is 9.82. The highest BCUT2D eigenvalue weighted by Crippen LogP contribution is 2.28. The summed E-state index contributed by atoms with van der Waals surface area (Å²) in [5.74, 6) is 0.0663. The Morgan fingerprint density at radius 3 is 2.44 bits per heavy atom. The first-order chi connectivity index (χ1) is 7.58. The maximum absolute atomic E-state index is 10.6. The van der Waals surface area contributed by atoms with Crippen LogP contribution in [-0.2, 0) is 4.79 Å². The molecule has 0 radical (unpaired) electrons. The summed E-state index contributed by atoms with van der Waals surface area (Å²) < 4.78 is 10.2. The number of carboxylic acid groups (broad SMARTS) is 1. The molecule has 0 aliphatic carbocycles. The molecule has 5 heteroatoms. The number of rotatable bonds is 4. The van der Waals surface area contributed by atoms with E-state index in [1.54, 1.807) is 18.2 Å².